The Balaban J connectivity index is -0.000000164. The fraction of sp³-hybridized carbons (Fsp3) is 1.00. The number of unbranched alkanes of at least 4 members (excludes halogenated alkanes) is 4. The number of rotatable bonds is 72. The van der Waals surface area contributed by atoms with Gasteiger partial charge in [-0.05, 0) is 363 Å². The van der Waals surface area contributed by atoms with E-state index in [1.807, 2.05) is 0 Å². The number of hydrogen-bond donors (Lipinski definition) is 6. The summed E-state index contributed by atoms with van der Waals surface area (Å²) in [6, 6.07) is 0. The SMILES string of the molecule is CC(C)CCCCCNCCC(C)C.CC(C)CCCNCCC(C)C.CC(C)CCN(C)CCC(C)C.CC(C)CCN(CCN)CCC(C)C.CC(C)CCNCCC(C)C.CC(C)CCNCCCCCNCCC(C)C.CC(C)CCOCCOCCC(C)C.CC(C)CCSCCC(C)C.CC(C)CCSCCSCCC(C)C. The molecule has 0 fully saturated rings. The predicted molar refractivity (Wildman–Crippen MR) is 563 cm³/mol. The van der Waals surface area contributed by atoms with Crippen LogP contribution in [0.25, 0.3) is 0 Å². The first-order valence-electron chi connectivity index (χ1n) is 51.5. The minimum absolute atomic E-state index is 0.733. The van der Waals surface area contributed by atoms with Gasteiger partial charge >= 0.3 is 0 Å². The summed E-state index contributed by atoms with van der Waals surface area (Å²) in [5.74, 6) is 23.1. The number of ether oxygens (including phenoxy) is 2. The van der Waals surface area contributed by atoms with Crippen LogP contribution in [0.4, 0.5) is 0 Å². The van der Waals surface area contributed by atoms with Crippen LogP contribution in [-0.2, 0) is 9.47 Å². The van der Waals surface area contributed by atoms with Crippen LogP contribution in [0.5, 0.6) is 0 Å². The molecule has 0 rings (SSSR count). The van der Waals surface area contributed by atoms with Crippen LogP contribution in [0.15, 0.2) is 0 Å². The topological polar surface area (TPSA) is 111 Å². The van der Waals surface area contributed by atoms with Crippen molar-refractivity contribution in [1.29, 1.82) is 0 Å². The van der Waals surface area contributed by atoms with E-state index in [2.05, 4.69) is 328 Å². The Bertz CT molecular complexity index is 1510. The van der Waals surface area contributed by atoms with Crippen LogP contribution >= 0.6 is 35.3 Å². The Labute approximate surface area is 770 Å². The average molecular weight is 1750 g/mol. The van der Waals surface area contributed by atoms with Gasteiger partial charge in [0, 0.05) is 37.8 Å². The maximum absolute atomic E-state index is 5.60. The second-order valence-corrected chi connectivity index (χ2v) is 46.2. The molecule has 0 amide bonds. The standard InChI is InChI=1S/C15H34N2.C13H29N.C12H28N2.C12H26O2.C12H26S2.2C11H25N.C10H23N.C10H22S/c1-14(2)8-12-16-10-6-5-7-11-17-13-9-15(3)4;1-12(2)8-6-5-7-10-14-11-9-13(3)4;1-11(2)5-8-14(10-7-13)9-6-12(3)4;2*1-11(2)5-7-13-9-10-14-8-6-12(3)4;1-10(2)6-8-12(5)9-7-11(3)4;1-10(2)6-5-8-12-9-7-11(3)4;2*1-9(2)5-7-11-8-6-10(3)4/h14-17H,5-13H2,1-4H3;12-14H,5-11H2,1-4H3;11-12H,5-10,13H2,1-4H3;2*11-12H,5-10H2,1-4H3;10-11H,6-9H2,1-5H3;10-12H,5-9H2,1-4H3;9-11H,5-8H2,1-4H3;9-10H,5-8H2,1-4H3. The normalized spacial score (nSPS) is 11.6. The van der Waals surface area contributed by atoms with E-state index in [1.165, 1.54) is 274 Å². The summed E-state index contributed by atoms with van der Waals surface area (Å²) < 4.78 is 10.9. The van der Waals surface area contributed by atoms with E-state index in [4.69, 9.17) is 15.2 Å². The van der Waals surface area contributed by atoms with Gasteiger partial charge in [0.05, 0.1) is 13.2 Å². The van der Waals surface area contributed by atoms with Gasteiger partial charge in [-0.15, -0.1) is 0 Å². The van der Waals surface area contributed by atoms with Gasteiger partial charge in [0.1, 0.15) is 0 Å². The lowest BCUT2D eigenvalue weighted by Gasteiger charge is -2.23. The summed E-state index contributed by atoms with van der Waals surface area (Å²) in [4.78, 5) is 4.94. The Morgan fingerprint density at radius 3 is 0.655 bits per heavy atom. The van der Waals surface area contributed by atoms with Crippen molar-refractivity contribution >= 4 is 35.3 Å². The third kappa shape index (κ3) is 176. The van der Waals surface area contributed by atoms with Crippen molar-refractivity contribution in [1.82, 2.24) is 36.4 Å². The molecule has 0 atom stereocenters. The van der Waals surface area contributed by atoms with Crippen molar-refractivity contribution in [2.24, 2.45) is 112 Å². The van der Waals surface area contributed by atoms with Gasteiger partial charge < -0.3 is 51.6 Å². The highest BCUT2D eigenvalue weighted by atomic mass is 32.2. The number of nitrogens with zero attached hydrogens (tertiary/aromatic N) is 2. The smallest absolute Gasteiger partial charge is 0.0700 e. The molecule has 0 aliphatic heterocycles. The maximum Gasteiger partial charge on any atom is 0.0700 e. The molecule has 0 radical (unpaired) electrons. The number of thioether (sulfide) groups is 3. The molecule has 0 spiro atoms. The van der Waals surface area contributed by atoms with Crippen molar-refractivity contribution in [2.45, 2.75) is 410 Å². The lowest BCUT2D eigenvalue weighted by atomic mass is 10.1. The Morgan fingerprint density at radius 1 is 0.202 bits per heavy atom. The fourth-order valence-electron chi connectivity index (χ4n) is 10.4. The van der Waals surface area contributed by atoms with Gasteiger partial charge in [0.25, 0.3) is 0 Å². The van der Waals surface area contributed by atoms with Gasteiger partial charge in [-0.2, -0.15) is 35.3 Å². The summed E-state index contributed by atoms with van der Waals surface area (Å²) >= 11 is 6.35. The highest BCUT2D eigenvalue weighted by molar-refractivity contribution is 8.02. The van der Waals surface area contributed by atoms with Crippen molar-refractivity contribution in [2.75, 3.05) is 173 Å². The largest absolute Gasteiger partial charge is 0.379 e. The zero-order valence-electron chi connectivity index (χ0n) is 89.5. The second kappa shape index (κ2) is 111. The molecule has 0 aliphatic carbocycles. The highest BCUT2D eigenvalue weighted by Crippen LogP contribution is 2.16. The summed E-state index contributed by atoms with van der Waals surface area (Å²) in [6.07, 6.45) is 33.1. The van der Waals surface area contributed by atoms with Crippen molar-refractivity contribution < 1.29 is 9.47 Å². The van der Waals surface area contributed by atoms with Crippen molar-refractivity contribution in [3.8, 4) is 0 Å². The fourth-order valence-corrected chi connectivity index (χ4v) is 14.5. The molecule has 7 N–H and O–H groups in total. The zero-order valence-corrected chi connectivity index (χ0v) is 91.9. The molecule has 0 saturated heterocycles. The molecular formula is C106H238N8O2S3. The van der Waals surface area contributed by atoms with E-state index in [0.29, 0.717) is 0 Å². The van der Waals surface area contributed by atoms with Crippen LogP contribution in [0.2, 0.25) is 0 Å². The van der Waals surface area contributed by atoms with E-state index in [1.54, 1.807) is 0 Å². The Morgan fingerprint density at radius 2 is 0.412 bits per heavy atom. The zero-order chi connectivity index (χ0) is 92.7. The van der Waals surface area contributed by atoms with Gasteiger partial charge in [-0.3, -0.25) is 0 Å². The van der Waals surface area contributed by atoms with E-state index in [9.17, 15) is 0 Å². The molecule has 0 aromatic heterocycles. The van der Waals surface area contributed by atoms with E-state index in [0.717, 1.165) is 159 Å². The Hall–Kier alpha value is 0.650. The van der Waals surface area contributed by atoms with Crippen LogP contribution in [0.3, 0.4) is 0 Å². The van der Waals surface area contributed by atoms with Crippen molar-refractivity contribution in [3.05, 3.63) is 0 Å². The molecule has 119 heavy (non-hydrogen) atoms. The molecule has 0 heterocycles. The average Bonchev–Trinajstić information content (AvgIpc) is 0.979. The molecule has 0 aromatic rings. The number of hydrogen-bond acceptors (Lipinski definition) is 13. The van der Waals surface area contributed by atoms with E-state index in [-0.39, 0.29) is 0 Å². The minimum Gasteiger partial charge on any atom is -0.379 e. The monoisotopic (exact) mass is 1750 g/mol. The first-order valence-corrected chi connectivity index (χ1v) is 55.0. The predicted octanol–water partition coefficient (Wildman–Crippen LogP) is 29.8. The lowest BCUT2D eigenvalue weighted by molar-refractivity contribution is 0.0405. The molecule has 10 nitrogen and oxygen atoms in total. The Kier molecular flexibility index (Phi) is 128. The quantitative estimate of drug-likeness (QED) is 0.0326. The molecule has 0 aromatic carbocycles. The molecule has 0 saturated carbocycles. The molecule has 0 aliphatic rings. The van der Waals surface area contributed by atoms with Crippen LogP contribution in [-0.4, -0.2) is 183 Å². The van der Waals surface area contributed by atoms with Crippen LogP contribution in [0.1, 0.15) is 410 Å². The molecule has 0 bridgehead atoms. The van der Waals surface area contributed by atoms with E-state index >= 15 is 0 Å². The van der Waals surface area contributed by atoms with Gasteiger partial charge in [0.15, 0.2) is 0 Å². The van der Waals surface area contributed by atoms with Crippen LogP contribution < -0.4 is 32.3 Å². The third-order valence-electron chi connectivity index (χ3n) is 19.8. The van der Waals surface area contributed by atoms with Gasteiger partial charge in [0.2, 0.25) is 0 Å². The molecule has 13 heteroatoms. The summed E-state index contributed by atoms with van der Waals surface area (Å²) in [5.41, 5.74) is 5.60. The third-order valence-corrected chi connectivity index (χ3v) is 23.2. The molecule has 732 valence electrons. The molecular weight excluding hydrogens is 1510 g/mol. The van der Waals surface area contributed by atoms with Crippen molar-refractivity contribution in [3.63, 3.8) is 0 Å². The minimum atomic E-state index is 0.733. The number of nitrogens with one attached hydrogen (secondary N) is 5. The molecule has 0 unspecified atom stereocenters. The lowest BCUT2D eigenvalue weighted by Crippen LogP contribution is -2.32. The van der Waals surface area contributed by atoms with Gasteiger partial charge in [-0.1, -0.05) is 275 Å². The second-order valence-electron chi connectivity index (χ2n) is 42.5. The summed E-state index contributed by atoms with van der Waals surface area (Å²) in [5, 5.41) is 17.5. The highest BCUT2D eigenvalue weighted by Gasteiger charge is 2.08. The number of nitrogens with two attached hydrogens (primary N) is 1. The first kappa shape index (κ1) is 138. The summed E-state index contributed by atoms with van der Waals surface area (Å²) in [7, 11) is 2.23. The van der Waals surface area contributed by atoms with Crippen LogP contribution in [0, 0.1) is 107 Å². The maximum atomic E-state index is 5.60. The van der Waals surface area contributed by atoms with Gasteiger partial charge in [-0.25, -0.2) is 0 Å². The first-order chi connectivity index (χ1) is 56.0. The van der Waals surface area contributed by atoms with E-state index < -0.39 is 0 Å². The summed E-state index contributed by atoms with van der Waals surface area (Å²) in [6.45, 7) is 104.